The number of halogens is 1. The van der Waals surface area contributed by atoms with Crippen molar-refractivity contribution in [1.82, 2.24) is 5.32 Å². The average molecular weight is 499 g/mol. The normalized spacial score (nSPS) is 13.2. The van der Waals surface area contributed by atoms with E-state index in [1.165, 1.54) is 22.5 Å². The summed E-state index contributed by atoms with van der Waals surface area (Å²) in [5, 5.41) is 2.69. The number of nitrogens with zero attached hydrogens (tertiary/aromatic N) is 1. The lowest BCUT2D eigenvalue weighted by Gasteiger charge is -2.25. The van der Waals surface area contributed by atoms with Gasteiger partial charge in [0.15, 0.2) is 6.61 Å². The summed E-state index contributed by atoms with van der Waals surface area (Å²) in [6.07, 6.45) is 1.83. The first-order chi connectivity index (χ1) is 16.3. The zero-order chi connectivity index (χ0) is 24.1. The van der Waals surface area contributed by atoms with Crippen molar-refractivity contribution >= 4 is 39.2 Å². The van der Waals surface area contributed by atoms with Crippen LogP contribution in [0.25, 0.3) is 0 Å². The molecule has 0 bridgehead atoms. The van der Waals surface area contributed by atoms with Crippen LogP contribution in [-0.2, 0) is 26.1 Å². The Balaban J connectivity index is 1.62. The highest BCUT2D eigenvalue weighted by atomic mass is 35.5. The summed E-state index contributed by atoms with van der Waals surface area (Å²) in [7, 11) is -4.16. The second-order valence-electron chi connectivity index (χ2n) is 7.90. The standard InChI is InChI=1S/C25H23ClN2O5S/c26-22-14-11-19(25(30)33-17-24(29)27-20-12-13-20)15-23(22)34(31,32)28(21-9-5-2-6-10-21)16-18-7-3-1-4-8-18/h1-11,14-15,20H,12-13,16-17H2,(H,27,29). The largest absolute Gasteiger partial charge is 0.452 e. The van der Waals surface area contributed by atoms with Crippen LogP contribution >= 0.6 is 11.6 Å². The number of benzene rings is 3. The van der Waals surface area contributed by atoms with Crippen LogP contribution in [0.5, 0.6) is 0 Å². The fourth-order valence-corrected chi connectivity index (χ4v) is 5.27. The van der Waals surface area contributed by atoms with E-state index in [-0.39, 0.29) is 28.1 Å². The molecule has 1 aliphatic rings. The summed E-state index contributed by atoms with van der Waals surface area (Å²) in [5.41, 5.74) is 1.21. The monoisotopic (exact) mass is 498 g/mol. The van der Waals surface area contributed by atoms with Crippen LogP contribution < -0.4 is 9.62 Å². The average Bonchev–Trinajstić information content (AvgIpc) is 3.66. The molecule has 0 spiro atoms. The third-order valence-electron chi connectivity index (χ3n) is 5.22. The summed E-state index contributed by atoms with van der Waals surface area (Å²) >= 11 is 6.29. The Labute approximate surface area is 203 Å². The third kappa shape index (κ3) is 5.76. The molecule has 0 unspecified atom stereocenters. The Kier molecular flexibility index (Phi) is 7.19. The number of anilines is 1. The molecule has 176 valence electrons. The first-order valence-electron chi connectivity index (χ1n) is 10.7. The van der Waals surface area contributed by atoms with Crippen LogP contribution in [0.15, 0.2) is 83.8 Å². The molecule has 34 heavy (non-hydrogen) atoms. The van der Waals surface area contributed by atoms with Gasteiger partial charge in [0.25, 0.3) is 15.9 Å². The summed E-state index contributed by atoms with van der Waals surface area (Å²) in [6.45, 7) is -0.371. The number of ether oxygens (including phenoxy) is 1. The van der Waals surface area contributed by atoms with E-state index in [0.717, 1.165) is 18.4 Å². The van der Waals surface area contributed by atoms with Gasteiger partial charge in [-0.2, -0.15) is 0 Å². The molecule has 0 heterocycles. The number of carbonyl (C=O) groups is 2. The predicted molar refractivity (Wildman–Crippen MR) is 129 cm³/mol. The Hall–Kier alpha value is -3.36. The van der Waals surface area contributed by atoms with E-state index in [1.807, 2.05) is 30.3 Å². The highest BCUT2D eigenvalue weighted by Crippen LogP contribution is 2.31. The Bertz CT molecular complexity index is 1280. The molecular formula is C25H23ClN2O5S. The van der Waals surface area contributed by atoms with Crippen molar-refractivity contribution in [3.63, 3.8) is 0 Å². The van der Waals surface area contributed by atoms with Gasteiger partial charge in [-0.05, 0) is 48.7 Å². The Morgan fingerprint density at radius 1 is 0.971 bits per heavy atom. The van der Waals surface area contributed by atoms with Gasteiger partial charge >= 0.3 is 5.97 Å². The number of rotatable bonds is 9. The van der Waals surface area contributed by atoms with Gasteiger partial charge in [0.1, 0.15) is 4.90 Å². The summed E-state index contributed by atoms with van der Waals surface area (Å²) < 4.78 is 33.8. The predicted octanol–water partition coefficient (Wildman–Crippen LogP) is 4.17. The molecule has 3 aromatic carbocycles. The van der Waals surface area contributed by atoms with Crippen LogP contribution in [0.2, 0.25) is 5.02 Å². The number of esters is 1. The Morgan fingerprint density at radius 2 is 1.62 bits per heavy atom. The van der Waals surface area contributed by atoms with Gasteiger partial charge in [-0.25, -0.2) is 13.2 Å². The zero-order valence-electron chi connectivity index (χ0n) is 18.2. The van der Waals surface area contributed by atoms with Crippen molar-refractivity contribution in [2.24, 2.45) is 0 Å². The van der Waals surface area contributed by atoms with E-state index in [4.69, 9.17) is 16.3 Å². The van der Waals surface area contributed by atoms with E-state index in [0.29, 0.717) is 5.69 Å². The van der Waals surface area contributed by atoms with Crippen LogP contribution in [-0.4, -0.2) is 32.9 Å². The van der Waals surface area contributed by atoms with Crippen LogP contribution in [0, 0.1) is 0 Å². The molecule has 0 aliphatic heterocycles. The summed E-state index contributed by atoms with van der Waals surface area (Å²) in [5.74, 6) is -1.20. The second-order valence-corrected chi connectivity index (χ2v) is 10.1. The lowest BCUT2D eigenvalue weighted by Crippen LogP contribution is -2.31. The maximum atomic E-state index is 13.8. The molecule has 0 radical (unpaired) electrons. The van der Waals surface area contributed by atoms with E-state index in [9.17, 15) is 18.0 Å². The van der Waals surface area contributed by atoms with Gasteiger partial charge in [-0.15, -0.1) is 0 Å². The fraction of sp³-hybridized carbons (Fsp3) is 0.200. The minimum absolute atomic E-state index is 0.0186. The molecule has 3 aromatic rings. The maximum absolute atomic E-state index is 13.8. The number of para-hydroxylation sites is 1. The molecule has 1 fully saturated rings. The number of sulfonamides is 1. The minimum atomic E-state index is -4.16. The van der Waals surface area contributed by atoms with Gasteiger partial charge in [0.2, 0.25) is 0 Å². The van der Waals surface area contributed by atoms with Crippen molar-refractivity contribution in [3.05, 3.63) is 95.0 Å². The number of carbonyl (C=O) groups excluding carboxylic acids is 2. The van der Waals surface area contributed by atoms with E-state index in [2.05, 4.69) is 5.32 Å². The SMILES string of the molecule is O=C(COC(=O)c1ccc(Cl)c(S(=O)(=O)N(Cc2ccccc2)c2ccccc2)c1)NC1CC1. The maximum Gasteiger partial charge on any atom is 0.338 e. The summed E-state index contributed by atoms with van der Waals surface area (Å²) in [6, 6.07) is 21.8. The molecule has 1 amide bonds. The Morgan fingerprint density at radius 3 is 2.26 bits per heavy atom. The molecule has 7 nitrogen and oxygen atoms in total. The van der Waals surface area contributed by atoms with Crippen LogP contribution in [0.1, 0.15) is 28.8 Å². The van der Waals surface area contributed by atoms with E-state index in [1.54, 1.807) is 30.3 Å². The van der Waals surface area contributed by atoms with Gasteiger partial charge in [-0.3, -0.25) is 9.10 Å². The second kappa shape index (κ2) is 10.3. The van der Waals surface area contributed by atoms with Gasteiger partial charge in [0.05, 0.1) is 22.8 Å². The van der Waals surface area contributed by atoms with Crippen molar-refractivity contribution in [2.45, 2.75) is 30.3 Å². The van der Waals surface area contributed by atoms with Crippen molar-refractivity contribution in [2.75, 3.05) is 10.9 Å². The fourth-order valence-electron chi connectivity index (χ4n) is 3.32. The first kappa shape index (κ1) is 23.8. The number of amides is 1. The molecule has 1 N–H and O–H groups in total. The van der Waals surface area contributed by atoms with Gasteiger partial charge in [-0.1, -0.05) is 60.1 Å². The first-order valence-corrected chi connectivity index (χ1v) is 12.5. The lowest BCUT2D eigenvalue weighted by molar-refractivity contribution is -0.124. The number of hydrogen-bond donors (Lipinski definition) is 1. The van der Waals surface area contributed by atoms with E-state index >= 15 is 0 Å². The molecule has 0 atom stereocenters. The van der Waals surface area contributed by atoms with Crippen molar-refractivity contribution < 1.29 is 22.7 Å². The van der Waals surface area contributed by atoms with Gasteiger partial charge in [0, 0.05) is 6.04 Å². The smallest absolute Gasteiger partial charge is 0.338 e. The minimum Gasteiger partial charge on any atom is -0.452 e. The van der Waals surface area contributed by atoms with Crippen molar-refractivity contribution in [3.8, 4) is 0 Å². The van der Waals surface area contributed by atoms with Crippen molar-refractivity contribution in [1.29, 1.82) is 0 Å². The highest BCUT2D eigenvalue weighted by Gasteiger charge is 2.29. The van der Waals surface area contributed by atoms with Crippen LogP contribution in [0.3, 0.4) is 0 Å². The number of hydrogen-bond acceptors (Lipinski definition) is 5. The van der Waals surface area contributed by atoms with Crippen LogP contribution in [0.4, 0.5) is 5.69 Å². The lowest BCUT2D eigenvalue weighted by atomic mass is 10.2. The molecule has 9 heteroatoms. The molecule has 0 saturated heterocycles. The molecule has 1 aliphatic carbocycles. The third-order valence-corrected chi connectivity index (χ3v) is 7.48. The summed E-state index contributed by atoms with van der Waals surface area (Å²) in [4.78, 5) is 24.1. The van der Waals surface area contributed by atoms with E-state index < -0.39 is 28.5 Å². The zero-order valence-corrected chi connectivity index (χ0v) is 19.8. The quantitative estimate of drug-likeness (QED) is 0.447. The molecule has 4 rings (SSSR count). The number of nitrogens with one attached hydrogen (secondary N) is 1. The molecule has 0 aromatic heterocycles. The molecule has 1 saturated carbocycles. The molecular weight excluding hydrogens is 476 g/mol. The topological polar surface area (TPSA) is 92.8 Å². The van der Waals surface area contributed by atoms with Gasteiger partial charge < -0.3 is 10.1 Å². The highest BCUT2D eigenvalue weighted by molar-refractivity contribution is 7.93.